The Hall–Kier alpha value is -2.54. The predicted molar refractivity (Wildman–Crippen MR) is 67.8 cm³/mol. The minimum atomic E-state index is 0.607. The highest BCUT2D eigenvalue weighted by Crippen LogP contribution is 2.19. The maximum absolute atomic E-state index is 8.80. The molecule has 0 aliphatic carbocycles. The molecule has 0 saturated heterocycles. The molecule has 0 saturated carbocycles. The molecule has 0 radical (unpaired) electrons. The van der Waals surface area contributed by atoms with Crippen LogP contribution in [0.2, 0.25) is 0 Å². The minimum Gasteiger partial charge on any atom is -0.398 e. The van der Waals surface area contributed by atoms with E-state index < -0.39 is 0 Å². The Balaban J connectivity index is 2.25. The number of hydrogen-bond acceptors (Lipinski definition) is 4. The third kappa shape index (κ3) is 2.52. The van der Waals surface area contributed by atoms with Crippen molar-refractivity contribution < 1.29 is 0 Å². The first-order valence-electron chi connectivity index (χ1n) is 5.18. The zero-order valence-electron chi connectivity index (χ0n) is 9.44. The molecular weight excluding hydrogens is 212 g/mol. The summed E-state index contributed by atoms with van der Waals surface area (Å²) in [5.74, 6) is 0.670. The number of nitrogens with zero attached hydrogens (tertiary/aromatic N) is 2. The van der Waals surface area contributed by atoms with Crippen LogP contribution in [0.25, 0.3) is 0 Å². The third-order valence-corrected chi connectivity index (χ3v) is 2.41. The molecule has 2 aromatic rings. The Labute approximate surface area is 99.7 Å². The van der Waals surface area contributed by atoms with Gasteiger partial charge in [0.15, 0.2) is 0 Å². The highest BCUT2D eigenvalue weighted by molar-refractivity contribution is 5.62. The largest absolute Gasteiger partial charge is 0.398 e. The van der Waals surface area contributed by atoms with Crippen LogP contribution in [-0.2, 0) is 0 Å². The van der Waals surface area contributed by atoms with Crippen molar-refractivity contribution in [2.45, 2.75) is 6.92 Å². The topological polar surface area (TPSA) is 74.7 Å². The average molecular weight is 224 g/mol. The van der Waals surface area contributed by atoms with E-state index >= 15 is 0 Å². The summed E-state index contributed by atoms with van der Waals surface area (Å²) < 4.78 is 0. The van der Waals surface area contributed by atoms with E-state index in [1.165, 1.54) is 0 Å². The first kappa shape index (κ1) is 11.0. The fourth-order valence-corrected chi connectivity index (χ4v) is 1.42. The Morgan fingerprint density at radius 2 is 2.18 bits per heavy atom. The van der Waals surface area contributed by atoms with E-state index in [1.54, 1.807) is 24.4 Å². The summed E-state index contributed by atoms with van der Waals surface area (Å²) in [6, 6.07) is 11.1. The molecular formula is C13H12N4. The first-order chi connectivity index (χ1) is 8.19. The number of nitriles is 1. The second-order valence-corrected chi connectivity index (χ2v) is 3.74. The maximum atomic E-state index is 8.80. The van der Waals surface area contributed by atoms with Gasteiger partial charge in [-0.2, -0.15) is 5.26 Å². The standard InChI is InChI=1S/C13H12N4/c1-9-8-16-13(6-12(9)15)17-11-4-2-3-10(5-11)7-14/h2-6,8H,1H3,(H3,15,16,17). The lowest BCUT2D eigenvalue weighted by Crippen LogP contribution is -1.97. The van der Waals surface area contributed by atoms with Crippen LogP contribution in [0.3, 0.4) is 0 Å². The first-order valence-corrected chi connectivity index (χ1v) is 5.18. The molecule has 0 fully saturated rings. The van der Waals surface area contributed by atoms with Gasteiger partial charge in [0.1, 0.15) is 5.82 Å². The molecule has 2 rings (SSSR count). The number of hydrogen-bond donors (Lipinski definition) is 2. The van der Waals surface area contributed by atoms with Crippen molar-refractivity contribution in [1.29, 1.82) is 5.26 Å². The molecule has 0 aliphatic heterocycles. The van der Waals surface area contributed by atoms with E-state index in [2.05, 4.69) is 16.4 Å². The highest BCUT2D eigenvalue weighted by atomic mass is 15.0. The molecule has 0 aliphatic rings. The zero-order valence-corrected chi connectivity index (χ0v) is 9.44. The van der Waals surface area contributed by atoms with E-state index in [0.29, 0.717) is 17.1 Å². The van der Waals surface area contributed by atoms with Gasteiger partial charge in [0, 0.05) is 23.6 Å². The van der Waals surface area contributed by atoms with Crippen LogP contribution >= 0.6 is 0 Å². The Morgan fingerprint density at radius 3 is 2.88 bits per heavy atom. The molecule has 84 valence electrons. The van der Waals surface area contributed by atoms with Gasteiger partial charge in [-0.3, -0.25) is 0 Å². The van der Waals surface area contributed by atoms with Crippen LogP contribution in [0.4, 0.5) is 17.2 Å². The SMILES string of the molecule is Cc1cnc(Nc2cccc(C#N)c2)cc1N. The van der Waals surface area contributed by atoms with Crippen molar-refractivity contribution in [2.75, 3.05) is 11.1 Å². The number of rotatable bonds is 2. The van der Waals surface area contributed by atoms with Crippen LogP contribution in [0.15, 0.2) is 36.5 Å². The van der Waals surface area contributed by atoms with Crippen molar-refractivity contribution in [2.24, 2.45) is 0 Å². The Morgan fingerprint density at radius 1 is 1.35 bits per heavy atom. The number of nitrogen functional groups attached to an aromatic ring is 1. The summed E-state index contributed by atoms with van der Waals surface area (Å²) in [7, 11) is 0. The molecule has 4 nitrogen and oxygen atoms in total. The predicted octanol–water partition coefficient (Wildman–Crippen LogP) is 2.59. The third-order valence-electron chi connectivity index (χ3n) is 2.41. The van der Waals surface area contributed by atoms with Crippen LogP contribution in [0.1, 0.15) is 11.1 Å². The van der Waals surface area contributed by atoms with E-state index in [-0.39, 0.29) is 0 Å². The molecule has 0 bridgehead atoms. The second-order valence-electron chi connectivity index (χ2n) is 3.74. The molecule has 1 aromatic carbocycles. The monoisotopic (exact) mass is 224 g/mol. The number of nitrogens with two attached hydrogens (primary N) is 1. The van der Waals surface area contributed by atoms with Crippen molar-refractivity contribution in [3.8, 4) is 6.07 Å². The van der Waals surface area contributed by atoms with E-state index in [0.717, 1.165) is 11.3 Å². The smallest absolute Gasteiger partial charge is 0.132 e. The van der Waals surface area contributed by atoms with E-state index in [9.17, 15) is 0 Å². The van der Waals surface area contributed by atoms with Gasteiger partial charge in [-0.15, -0.1) is 0 Å². The molecule has 0 amide bonds. The lowest BCUT2D eigenvalue weighted by Gasteiger charge is -2.07. The van der Waals surface area contributed by atoms with Crippen molar-refractivity contribution in [3.05, 3.63) is 47.7 Å². The normalized spacial score (nSPS) is 9.65. The Kier molecular flexibility index (Phi) is 2.93. The van der Waals surface area contributed by atoms with Crippen molar-refractivity contribution in [3.63, 3.8) is 0 Å². The lowest BCUT2D eigenvalue weighted by atomic mass is 10.2. The number of aryl methyl sites for hydroxylation is 1. The van der Waals surface area contributed by atoms with E-state index in [1.807, 2.05) is 19.1 Å². The van der Waals surface area contributed by atoms with Crippen LogP contribution in [-0.4, -0.2) is 4.98 Å². The second kappa shape index (κ2) is 4.54. The molecule has 0 spiro atoms. The number of aromatic nitrogens is 1. The summed E-state index contributed by atoms with van der Waals surface area (Å²) in [5.41, 5.74) is 8.86. The number of benzene rings is 1. The van der Waals surface area contributed by atoms with Gasteiger partial charge in [-0.05, 0) is 30.7 Å². The molecule has 0 atom stereocenters. The van der Waals surface area contributed by atoms with Gasteiger partial charge in [-0.1, -0.05) is 6.07 Å². The van der Waals surface area contributed by atoms with E-state index in [4.69, 9.17) is 11.0 Å². The number of pyridine rings is 1. The summed E-state index contributed by atoms with van der Waals surface area (Å²) in [5, 5.41) is 11.9. The van der Waals surface area contributed by atoms with Gasteiger partial charge in [0.25, 0.3) is 0 Å². The summed E-state index contributed by atoms with van der Waals surface area (Å²) >= 11 is 0. The molecule has 1 aromatic heterocycles. The van der Waals surface area contributed by atoms with Crippen molar-refractivity contribution >= 4 is 17.2 Å². The maximum Gasteiger partial charge on any atom is 0.132 e. The quantitative estimate of drug-likeness (QED) is 0.822. The summed E-state index contributed by atoms with van der Waals surface area (Å²) in [6.07, 6.45) is 1.71. The average Bonchev–Trinajstić information content (AvgIpc) is 2.34. The van der Waals surface area contributed by atoms with Gasteiger partial charge < -0.3 is 11.1 Å². The lowest BCUT2D eigenvalue weighted by molar-refractivity contribution is 1.26. The number of anilines is 3. The molecule has 0 unspecified atom stereocenters. The fourth-order valence-electron chi connectivity index (χ4n) is 1.42. The minimum absolute atomic E-state index is 0.607. The summed E-state index contributed by atoms with van der Waals surface area (Å²) in [6.45, 7) is 1.91. The molecule has 4 heteroatoms. The fraction of sp³-hybridized carbons (Fsp3) is 0.0769. The highest BCUT2D eigenvalue weighted by Gasteiger charge is 2.00. The zero-order chi connectivity index (χ0) is 12.3. The van der Waals surface area contributed by atoms with Crippen LogP contribution in [0, 0.1) is 18.3 Å². The van der Waals surface area contributed by atoms with Crippen LogP contribution in [0.5, 0.6) is 0 Å². The van der Waals surface area contributed by atoms with Gasteiger partial charge in [0.05, 0.1) is 11.6 Å². The molecule has 3 N–H and O–H groups in total. The van der Waals surface area contributed by atoms with Crippen LogP contribution < -0.4 is 11.1 Å². The molecule has 1 heterocycles. The van der Waals surface area contributed by atoms with Gasteiger partial charge in [0.2, 0.25) is 0 Å². The van der Waals surface area contributed by atoms with Gasteiger partial charge in [-0.25, -0.2) is 4.98 Å². The Bertz CT molecular complexity index is 584. The molecule has 17 heavy (non-hydrogen) atoms. The summed E-state index contributed by atoms with van der Waals surface area (Å²) in [4.78, 5) is 4.22. The number of nitrogens with one attached hydrogen (secondary N) is 1. The van der Waals surface area contributed by atoms with Crippen molar-refractivity contribution in [1.82, 2.24) is 4.98 Å². The van der Waals surface area contributed by atoms with Gasteiger partial charge >= 0.3 is 0 Å².